The molecule has 0 aromatic carbocycles. The Morgan fingerprint density at radius 3 is 2.68 bits per heavy atom. The third kappa shape index (κ3) is 2.88. The van der Waals surface area contributed by atoms with Gasteiger partial charge in [0.05, 0.1) is 6.20 Å². The number of nitrogens with one attached hydrogen (secondary N) is 1. The summed E-state index contributed by atoms with van der Waals surface area (Å²) < 4.78 is 26.2. The predicted octanol–water partition coefficient (Wildman–Crippen LogP) is 1.35. The van der Waals surface area contributed by atoms with E-state index in [1.165, 1.54) is 24.7 Å². The molecule has 0 aliphatic carbocycles. The number of rotatable bonds is 4. The Morgan fingerprint density at radius 1 is 1.42 bits per heavy atom. The van der Waals surface area contributed by atoms with Crippen LogP contribution in [0.5, 0.6) is 0 Å². The highest BCUT2D eigenvalue weighted by Crippen LogP contribution is 2.27. The van der Waals surface area contributed by atoms with Gasteiger partial charge in [0.15, 0.2) is 5.82 Å². The SMILES string of the molecule is Cc1cc(S(=O)(=O)Nc2cnccn2)sc1C(=O)O. The number of sulfonamides is 1. The molecule has 0 spiro atoms. The Morgan fingerprint density at radius 2 is 2.16 bits per heavy atom. The number of hydrogen-bond acceptors (Lipinski definition) is 6. The number of anilines is 1. The molecule has 2 heterocycles. The van der Waals surface area contributed by atoms with Crippen LogP contribution in [0.25, 0.3) is 0 Å². The second-order valence-electron chi connectivity index (χ2n) is 3.58. The first-order valence-electron chi connectivity index (χ1n) is 5.03. The van der Waals surface area contributed by atoms with Crippen molar-refractivity contribution >= 4 is 33.1 Å². The number of thiophene rings is 1. The number of aryl methyl sites for hydroxylation is 1. The van der Waals surface area contributed by atoms with Crippen LogP contribution in [0.15, 0.2) is 28.9 Å². The molecule has 0 aliphatic heterocycles. The van der Waals surface area contributed by atoms with Gasteiger partial charge in [0.2, 0.25) is 0 Å². The summed E-state index contributed by atoms with van der Waals surface area (Å²) in [5, 5.41) is 8.91. The fraction of sp³-hybridized carbons (Fsp3) is 0.100. The van der Waals surface area contributed by atoms with E-state index in [1.54, 1.807) is 6.92 Å². The summed E-state index contributed by atoms with van der Waals surface area (Å²) in [4.78, 5) is 18.4. The standard InChI is InChI=1S/C10H9N3O4S2/c1-6-4-8(18-9(6)10(14)15)19(16,17)13-7-5-11-2-3-12-7/h2-5H,1H3,(H,12,13)(H,14,15). The average Bonchev–Trinajstić information content (AvgIpc) is 2.73. The fourth-order valence-electron chi connectivity index (χ4n) is 1.34. The lowest BCUT2D eigenvalue weighted by molar-refractivity contribution is 0.0701. The fourth-order valence-corrected chi connectivity index (χ4v) is 3.71. The van der Waals surface area contributed by atoms with Gasteiger partial charge >= 0.3 is 5.97 Å². The zero-order chi connectivity index (χ0) is 14.0. The summed E-state index contributed by atoms with van der Waals surface area (Å²) >= 11 is 0.696. The number of nitrogens with zero attached hydrogens (tertiary/aromatic N) is 2. The smallest absolute Gasteiger partial charge is 0.346 e. The number of aromatic carboxylic acids is 1. The van der Waals surface area contributed by atoms with E-state index >= 15 is 0 Å². The molecule has 2 rings (SSSR count). The van der Waals surface area contributed by atoms with Crippen molar-refractivity contribution in [3.05, 3.63) is 35.1 Å². The molecular formula is C10H9N3O4S2. The molecule has 2 aromatic heterocycles. The first kappa shape index (κ1) is 13.4. The van der Waals surface area contributed by atoms with Crippen molar-refractivity contribution in [2.24, 2.45) is 0 Å². The predicted molar refractivity (Wildman–Crippen MR) is 68.9 cm³/mol. The maximum absolute atomic E-state index is 12.0. The Balaban J connectivity index is 2.35. The molecule has 0 saturated heterocycles. The van der Waals surface area contributed by atoms with Gasteiger partial charge in [-0.15, -0.1) is 11.3 Å². The molecule has 0 bridgehead atoms. The molecule has 0 atom stereocenters. The summed E-state index contributed by atoms with van der Waals surface area (Å²) in [6, 6.07) is 1.31. The van der Waals surface area contributed by atoms with E-state index in [1.807, 2.05) is 0 Å². The quantitative estimate of drug-likeness (QED) is 0.881. The molecule has 100 valence electrons. The van der Waals surface area contributed by atoms with Gasteiger partial charge in [0.25, 0.3) is 10.0 Å². The zero-order valence-electron chi connectivity index (χ0n) is 9.69. The van der Waals surface area contributed by atoms with E-state index in [0.717, 1.165) is 0 Å². The van der Waals surface area contributed by atoms with Crippen LogP contribution < -0.4 is 4.72 Å². The molecule has 0 saturated carbocycles. The molecular weight excluding hydrogens is 290 g/mol. The van der Waals surface area contributed by atoms with Crippen LogP contribution in [-0.2, 0) is 10.0 Å². The van der Waals surface area contributed by atoms with E-state index < -0.39 is 16.0 Å². The largest absolute Gasteiger partial charge is 0.477 e. The van der Waals surface area contributed by atoms with Crippen LogP contribution in [-0.4, -0.2) is 29.5 Å². The van der Waals surface area contributed by atoms with E-state index in [9.17, 15) is 13.2 Å². The number of carbonyl (C=O) groups is 1. The third-order valence-electron chi connectivity index (χ3n) is 2.16. The van der Waals surface area contributed by atoms with E-state index in [-0.39, 0.29) is 14.9 Å². The number of carboxylic acids is 1. The van der Waals surface area contributed by atoms with Crippen molar-refractivity contribution in [3.8, 4) is 0 Å². The molecule has 2 N–H and O–H groups in total. The van der Waals surface area contributed by atoms with E-state index in [2.05, 4.69) is 14.7 Å². The highest BCUT2D eigenvalue weighted by atomic mass is 32.2. The van der Waals surface area contributed by atoms with Crippen LogP contribution in [0, 0.1) is 6.92 Å². The summed E-state index contributed by atoms with van der Waals surface area (Å²) in [7, 11) is -3.85. The van der Waals surface area contributed by atoms with Gasteiger partial charge in [-0.25, -0.2) is 18.2 Å². The van der Waals surface area contributed by atoms with Gasteiger partial charge in [0, 0.05) is 12.4 Å². The Kier molecular flexibility index (Phi) is 3.49. The third-order valence-corrected chi connectivity index (χ3v) is 5.21. The van der Waals surface area contributed by atoms with E-state index in [4.69, 9.17) is 5.11 Å². The monoisotopic (exact) mass is 299 g/mol. The molecule has 0 radical (unpaired) electrons. The minimum Gasteiger partial charge on any atom is -0.477 e. The second kappa shape index (κ2) is 4.94. The topological polar surface area (TPSA) is 109 Å². The lowest BCUT2D eigenvalue weighted by Crippen LogP contribution is -2.12. The number of carboxylic acid groups (broad SMARTS) is 1. The summed E-state index contributed by atoms with van der Waals surface area (Å²) in [5.74, 6) is -1.08. The molecule has 0 fully saturated rings. The van der Waals surface area contributed by atoms with Gasteiger partial charge in [-0.05, 0) is 18.6 Å². The second-order valence-corrected chi connectivity index (χ2v) is 6.54. The molecule has 0 amide bonds. The lowest BCUT2D eigenvalue weighted by atomic mass is 10.3. The maximum Gasteiger partial charge on any atom is 0.346 e. The van der Waals surface area contributed by atoms with Gasteiger partial charge in [-0.1, -0.05) is 0 Å². The first-order valence-corrected chi connectivity index (χ1v) is 7.32. The van der Waals surface area contributed by atoms with Crippen LogP contribution in [0.2, 0.25) is 0 Å². The van der Waals surface area contributed by atoms with Gasteiger partial charge in [0.1, 0.15) is 9.09 Å². The minimum absolute atomic E-state index is 0.000444. The average molecular weight is 299 g/mol. The Bertz CT molecular complexity index is 710. The van der Waals surface area contributed by atoms with Gasteiger partial charge < -0.3 is 5.11 Å². The Hall–Kier alpha value is -2.00. The van der Waals surface area contributed by atoms with Gasteiger partial charge in [-0.2, -0.15) is 0 Å². The van der Waals surface area contributed by atoms with Crippen molar-refractivity contribution in [2.75, 3.05) is 4.72 Å². The van der Waals surface area contributed by atoms with Crippen molar-refractivity contribution in [2.45, 2.75) is 11.1 Å². The first-order chi connectivity index (χ1) is 8.90. The van der Waals surface area contributed by atoms with E-state index in [0.29, 0.717) is 16.9 Å². The summed E-state index contributed by atoms with van der Waals surface area (Å²) in [5.41, 5.74) is 0.400. The normalized spacial score (nSPS) is 11.2. The van der Waals surface area contributed by atoms with Crippen LogP contribution in [0.1, 0.15) is 15.2 Å². The molecule has 7 nitrogen and oxygen atoms in total. The summed E-state index contributed by atoms with van der Waals surface area (Å²) in [6.07, 6.45) is 4.02. The van der Waals surface area contributed by atoms with Gasteiger partial charge in [-0.3, -0.25) is 9.71 Å². The lowest BCUT2D eigenvalue weighted by Gasteiger charge is -2.03. The maximum atomic E-state index is 12.0. The van der Waals surface area contributed by atoms with Crippen molar-refractivity contribution in [3.63, 3.8) is 0 Å². The number of hydrogen-bond donors (Lipinski definition) is 2. The highest BCUT2D eigenvalue weighted by Gasteiger charge is 2.22. The van der Waals surface area contributed by atoms with Crippen molar-refractivity contribution in [1.29, 1.82) is 0 Å². The molecule has 2 aromatic rings. The van der Waals surface area contributed by atoms with Crippen LogP contribution in [0.3, 0.4) is 0 Å². The van der Waals surface area contributed by atoms with Crippen molar-refractivity contribution < 1.29 is 18.3 Å². The highest BCUT2D eigenvalue weighted by molar-refractivity contribution is 7.94. The Labute approximate surface area is 113 Å². The summed E-state index contributed by atoms with van der Waals surface area (Å²) in [6.45, 7) is 1.54. The molecule has 0 aliphatic rings. The molecule has 9 heteroatoms. The van der Waals surface area contributed by atoms with Crippen LogP contribution in [0.4, 0.5) is 5.82 Å². The zero-order valence-corrected chi connectivity index (χ0v) is 11.3. The van der Waals surface area contributed by atoms with Crippen LogP contribution >= 0.6 is 11.3 Å². The van der Waals surface area contributed by atoms with Crippen molar-refractivity contribution in [1.82, 2.24) is 9.97 Å². The number of aromatic nitrogens is 2. The molecule has 19 heavy (non-hydrogen) atoms. The molecule has 0 unspecified atom stereocenters. The minimum atomic E-state index is -3.85.